The third-order valence-corrected chi connectivity index (χ3v) is 8.34. The van der Waals surface area contributed by atoms with Crippen LogP contribution in [0.2, 0.25) is 0 Å². The fraction of sp³-hybridized carbons (Fsp3) is 0.462. The molecule has 1 saturated carbocycles. The largest absolute Gasteiger partial charge is 0.508 e. The van der Waals surface area contributed by atoms with E-state index in [0.29, 0.717) is 6.54 Å². The van der Waals surface area contributed by atoms with Gasteiger partial charge in [0.1, 0.15) is 22.9 Å². The topological polar surface area (TPSA) is 203 Å². The zero-order valence-electron chi connectivity index (χ0n) is 21.5. The molecular weight excluding hydrogens is 515 g/mol. The Labute approximate surface area is 222 Å². The highest BCUT2D eigenvalue weighted by atomic mass is 19.1. The first-order chi connectivity index (χ1) is 18.3. The van der Waals surface area contributed by atoms with Crippen molar-refractivity contribution in [1.29, 1.82) is 0 Å². The second-order valence-electron chi connectivity index (χ2n) is 10.6. The molecule has 0 radical (unpaired) electrons. The molecule has 208 valence electrons. The number of aliphatic hydroxyl groups excluding tert-OH is 2. The van der Waals surface area contributed by atoms with Crippen LogP contribution in [-0.2, 0) is 32.0 Å². The molecule has 0 bridgehead atoms. The van der Waals surface area contributed by atoms with Crippen molar-refractivity contribution in [3.8, 4) is 5.75 Å². The molecule has 8 N–H and O–H groups in total. The van der Waals surface area contributed by atoms with Crippen LogP contribution in [0.4, 0.5) is 10.1 Å². The summed E-state index contributed by atoms with van der Waals surface area (Å²) in [6, 6.07) is -1.98. The van der Waals surface area contributed by atoms with Crippen molar-refractivity contribution in [2.75, 3.05) is 26.0 Å². The van der Waals surface area contributed by atoms with E-state index in [0.717, 1.165) is 0 Å². The number of primary amides is 1. The molecule has 13 heteroatoms. The number of Topliss-reactive ketones (excluding diaryl/α,β-unsaturated/α-hetero) is 2. The number of rotatable bonds is 4. The van der Waals surface area contributed by atoms with E-state index in [1.54, 1.807) is 6.92 Å². The maximum absolute atomic E-state index is 15.9. The van der Waals surface area contributed by atoms with Gasteiger partial charge >= 0.3 is 0 Å². The number of halogens is 1. The van der Waals surface area contributed by atoms with Crippen LogP contribution in [-0.4, -0.2) is 87.0 Å². The maximum atomic E-state index is 15.9. The maximum Gasteiger partial charge on any atom is 0.255 e. The van der Waals surface area contributed by atoms with Crippen LogP contribution in [0.15, 0.2) is 16.9 Å². The number of nitrogens with one attached hydrogen (secondary N) is 2. The van der Waals surface area contributed by atoms with E-state index in [1.165, 1.54) is 19.0 Å². The number of nitrogens with two attached hydrogens (primary N) is 1. The van der Waals surface area contributed by atoms with Crippen LogP contribution in [0.5, 0.6) is 5.75 Å². The summed E-state index contributed by atoms with van der Waals surface area (Å²) < 4.78 is 15.9. The number of aliphatic hydroxyl groups is 3. The summed E-state index contributed by atoms with van der Waals surface area (Å²) in [5, 5.41) is 50.2. The average Bonchev–Trinajstić information content (AvgIpc) is 2.85. The first-order valence-corrected chi connectivity index (χ1v) is 12.5. The molecule has 5 atom stereocenters. The molecule has 4 aliphatic rings. The van der Waals surface area contributed by atoms with Crippen molar-refractivity contribution in [2.45, 2.75) is 43.9 Å². The molecule has 1 aromatic rings. The van der Waals surface area contributed by atoms with Gasteiger partial charge in [0.15, 0.2) is 17.1 Å². The quantitative estimate of drug-likeness (QED) is 0.193. The molecule has 2 amide bonds. The molecule has 1 aromatic carbocycles. The lowest BCUT2D eigenvalue weighted by molar-refractivity contribution is -0.153. The van der Waals surface area contributed by atoms with Crippen LogP contribution in [0, 0.1) is 17.7 Å². The lowest BCUT2D eigenvalue weighted by Crippen LogP contribution is -2.65. The molecule has 5 rings (SSSR count). The van der Waals surface area contributed by atoms with Crippen molar-refractivity contribution in [1.82, 2.24) is 10.2 Å². The molecule has 1 aliphatic heterocycles. The predicted molar refractivity (Wildman–Crippen MR) is 134 cm³/mol. The number of hydrogen-bond donors (Lipinski definition) is 7. The van der Waals surface area contributed by atoms with Gasteiger partial charge in [-0.05, 0) is 39.4 Å². The number of carbonyl (C=O) groups is 4. The summed E-state index contributed by atoms with van der Waals surface area (Å²) in [7, 11) is 2.99. The number of likely N-dealkylation sites (N-methyl/N-ethyl adjacent to an activating group) is 2. The number of benzene rings is 1. The number of hydrogen-bond acceptors (Lipinski definition) is 10. The van der Waals surface area contributed by atoms with Gasteiger partial charge in [0.05, 0.1) is 23.3 Å². The van der Waals surface area contributed by atoms with Crippen LogP contribution in [0.1, 0.15) is 30.0 Å². The van der Waals surface area contributed by atoms with Crippen LogP contribution in [0.25, 0.3) is 5.76 Å². The normalized spacial score (nSPS) is 30.1. The Kier molecular flexibility index (Phi) is 6.09. The Morgan fingerprint density at radius 3 is 2.44 bits per heavy atom. The molecule has 1 fully saturated rings. The molecule has 1 unspecified atom stereocenters. The monoisotopic (exact) mass is 544 g/mol. The number of carbonyl (C=O) groups excluding carboxylic acids is 4. The highest BCUT2D eigenvalue weighted by molar-refractivity contribution is 6.24. The molecule has 3 aliphatic carbocycles. The standard InChI is InChI=1S/C26H29FN4O8/c1-4-29-12-7-10-16(27)9-5-8-6-11-18(31(2)3)21(34)15(24(28)37)23(36)26(11,39)22(35)13(8)19(32)14(9)20(33)17(10)30-25(12)38/h8,11-12,18,29,32-33,36,39H,4-7H2,1-3H3,(H2,28,37)(H,30,38)/t8-,11-,12?,18-,26-/m0/s1. The Hall–Kier alpha value is -3.81. The summed E-state index contributed by atoms with van der Waals surface area (Å²) in [4.78, 5) is 52.9. The van der Waals surface area contributed by atoms with Crippen LogP contribution in [0.3, 0.4) is 0 Å². The van der Waals surface area contributed by atoms with Gasteiger partial charge in [0.2, 0.25) is 11.7 Å². The van der Waals surface area contributed by atoms with Crippen molar-refractivity contribution < 1.29 is 44.0 Å². The Morgan fingerprint density at radius 1 is 1.18 bits per heavy atom. The van der Waals surface area contributed by atoms with E-state index in [-0.39, 0.29) is 36.1 Å². The SMILES string of the molecule is CCNC1Cc2c(F)c3c(c(O)c2NC1=O)C(O)=C1C(=O)[C@]2(O)C(O)=C(C(N)=O)C(=O)[C@@H](N(C)C)[C@@H]2C[C@@H]1C3. The van der Waals surface area contributed by atoms with E-state index in [2.05, 4.69) is 10.6 Å². The second-order valence-corrected chi connectivity index (χ2v) is 10.6. The van der Waals surface area contributed by atoms with Gasteiger partial charge in [0.25, 0.3) is 5.91 Å². The Balaban J connectivity index is 1.71. The molecule has 39 heavy (non-hydrogen) atoms. The molecule has 12 nitrogen and oxygen atoms in total. The zero-order valence-corrected chi connectivity index (χ0v) is 21.5. The smallest absolute Gasteiger partial charge is 0.255 e. The van der Waals surface area contributed by atoms with Crippen molar-refractivity contribution in [3.63, 3.8) is 0 Å². The van der Waals surface area contributed by atoms with Crippen LogP contribution < -0.4 is 16.4 Å². The van der Waals surface area contributed by atoms with Gasteiger partial charge in [-0.25, -0.2) is 4.39 Å². The van der Waals surface area contributed by atoms with E-state index in [4.69, 9.17) is 5.73 Å². The number of aromatic hydroxyl groups is 1. The molecule has 0 aromatic heterocycles. The highest BCUT2D eigenvalue weighted by Crippen LogP contribution is 2.54. The van der Waals surface area contributed by atoms with Gasteiger partial charge in [0, 0.05) is 29.0 Å². The number of ketones is 2. The van der Waals surface area contributed by atoms with E-state index >= 15 is 4.39 Å². The number of amides is 2. The fourth-order valence-corrected chi connectivity index (χ4v) is 6.64. The van der Waals surface area contributed by atoms with Gasteiger partial charge < -0.3 is 36.8 Å². The van der Waals surface area contributed by atoms with E-state index in [1.807, 2.05) is 0 Å². The minimum atomic E-state index is -2.79. The zero-order chi connectivity index (χ0) is 28.7. The summed E-state index contributed by atoms with van der Waals surface area (Å²) in [6.07, 6.45) is -0.391. The summed E-state index contributed by atoms with van der Waals surface area (Å²) >= 11 is 0. The summed E-state index contributed by atoms with van der Waals surface area (Å²) in [5.41, 5.74) is 0.513. The lowest BCUT2D eigenvalue weighted by atomic mass is 9.57. The minimum absolute atomic E-state index is 0.0392. The second kappa shape index (κ2) is 8.86. The van der Waals surface area contributed by atoms with Crippen molar-refractivity contribution in [2.24, 2.45) is 17.6 Å². The average molecular weight is 545 g/mol. The van der Waals surface area contributed by atoms with E-state index in [9.17, 15) is 39.6 Å². The number of phenolic OH excluding ortho intramolecular Hbond substituents is 1. The molecular formula is C26H29FN4O8. The minimum Gasteiger partial charge on any atom is -0.508 e. The highest BCUT2D eigenvalue weighted by Gasteiger charge is 2.64. The van der Waals surface area contributed by atoms with Gasteiger partial charge in [-0.15, -0.1) is 0 Å². The number of anilines is 1. The van der Waals surface area contributed by atoms with Gasteiger partial charge in [-0.3, -0.25) is 24.1 Å². The molecule has 1 heterocycles. The summed E-state index contributed by atoms with van der Waals surface area (Å²) in [6.45, 7) is 2.23. The Morgan fingerprint density at radius 2 is 1.85 bits per heavy atom. The fourth-order valence-electron chi connectivity index (χ4n) is 6.64. The number of phenols is 1. The summed E-state index contributed by atoms with van der Waals surface area (Å²) in [5.74, 6) is -9.52. The first-order valence-electron chi connectivity index (χ1n) is 12.5. The van der Waals surface area contributed by atoms with Crippen molar-refractivity contribution in [3.05, 3.63) is 39.4 Å². The first kappa shape index (κ1) is 26.8. The third kappa shape index (κ3) is 3.46. The van der Waals surface area contributed by atoms with Crippen molar-refractivity contribution >= 4 is 34.8 Å². The molecule has 0 spiro atoms. The van der Waals surface area contributed by atoms with Gasteiger partial charge in [-0.1, -0.05) is 6.92 Å². The number of nitrogens with zero attached hydrogens (tertiary/aromatic N) is 1. The predicted octanol–water partition coefficient (Wildman–Crippen LogP) is -0.424. The third-order valence-electron chi connectivity index (χ3n) is 8.34. The van der Waals surface area contributed by atoms with E-state index < -0.39 is 92.7 Å². The van der Waals surface area contributed by atoms with Crippen LogP contribution >= 0.6 is 0 Å². The number of fused-ring (bicyclic) bond motifs is 4. The Bertz CT molecular complexity index is 1430. The lowest BCUT2D eigenvalue weighted by Gasteiger charge is -2.50. The molecule has 0 saturated heterocycles. The van der Waals surface area contributed by atoms with Gasteiger partial charge in [-0.2, -0.15) is 0 Å².